The standard InChI is InChI=1S/C16H14ClFN2O4S/c1-7(2)24-15(22)8-5-12(10(18)6-9(8)17)20-14(21)13-11(3-4-25-13)19-16(20)23/h5-7H,3-4H2,1-2H3,(H,19,23). The molecule has 1 aliphatic heterocycles. The molecule has 0 saturated heterocycles. The van der Waals surface area contributed by atoms with Crippen molar-refractivity contribution >= 4 is 29.3 Å². The van der Waals surface area contributed by atoms with Gasteiger partial charge in [-0.3, -0.25) is 4.79 Å². The molecule has 3 rings (SSSR count). The van der Waals surface area contributed by atoms with Crippen LogP contribution in [-0.2, 0) is 11.2 Å². The molecule has 132 valence electrons. The molecular formula is C16H14ClFN2O4S. The van der Waals surface area contributed by atoms with Gasteiger partial charge >= 0.3 is 11.7 Å². The lowest BCUT2D eigenvalue weighted by molar-refractivity contribution is 0.0378. The molecule has 9 heteroatoms. The Labute approximate surface area is 151 Å². The van der Waals surface area contributed by atoms with Crippen LogP contribution in [0.5, 0.6) is 0 Å². The first-order valence-electron chi connectivity index (χ1n) is 7.51. The quantitative estimate of drug-likeness (QED) is 0.822. The number of thioether (sulfide) groups is 1. The van der Waals surface area contributed by atoms with Crippen LogP contribution in [0.4, 0.5) is 4.39 Å². The van der Waals surface area contributed by atoms with Gasteiger partial charge in [0.25, 0.3) is 5.56 Å². The number of nitrogens with one attached hydrogen (secondary N) is 1. The molecule has 0 unspecified atom stereocenters. The van der Waals surface area contributed by atoms with E-state index in [2.05, 4.69) is 4.98 Å². The van der Waals surface area contributed by atoms with Crippen LogP contribution < -0.4 is 11.2 Å². The number of carbonyl (C=O) groups excluding carboxylic acids is 1. The SMILES string of the molecule is CC(C)OC(=O)c1cc(-n2c(=O)[nH]c3c(c2=O)SCC3)c(F)cc1Cl. The zero-order valence-corrected chi connectivity index (χ0v) is 15.0. The molecule has 0 fully saturated rings. The predicted octanol–water partition coefficient (Wildman–Crippen LogP) is 2.53. The molecule has 1 aliphatic rings. The van der Waals surface area contributed by atoms with Crippen LogP contribution >= 0.6 is 23.4 Å². The van der Waals surface area contributed by atoms with Gasteiger partial charge in [-0.1, -0.05) is 11.6 Å². The van der Waals surface area contributed by atoms with E-state index in [9.17, 15) is 18.8 Å². The first kappa shape index (κ1) is 17.8. The molecule has 1 N–H and O–H groups in total. The lowest BCUT2D eigenvalue weighted by atomic mass is 10.2. The smallest absolute Gasteiger partial charge is 0.339 e. The average Bonchev–Trinajstić information content (AvgIpc) is 2.96. The van der Waals surface area contributed by atoms with Crippen molar-refractivity contribution < 1.29 is 13.9 Å². The second-order valence-electron chi connectivity index (χ2n) is 5.71. The number of rotatable bonds is 3. The summed E-state index contributed by atoms with van der Waals surface area (Å²) in [6.45, 7) is 3.31. The average molecular weight is 385 g/mol. The van der Waals surface area contributed by atoms with Gasteiger partial charge in [-0.2, -0.15) is 0 Å². The monoisotopic (exact) mass is 384 g/mol. The van der Waals surface area contributed by atoms with Crippen molar-refractivity contribution in [3.8, 4) is 5.69 Å². The Balaban J connectivity index is 2.21. The summed E-state index contributed by atoms with van der Waals surface area (Å²) in [6, 6.07) is 1.95. The molecule has 2 heterocycles. The normalized spacial score (nSPS) is 13.2. The van der Waals surface area contributed by atoms with Crippen LogP contribution in [-0.4, -0.2) is 27.4 Å². The van der Waals surface area contributed by atoms with Crippen molar-refractivity contribution in [1.82, 2.24) is 9.55 Å². The van der Waals surface area contributed by atoms with Crippen LogP contribution in [0.1, 0.15) is 29.9 Å². The number of hydrogen-bond acceptors (Lipinski definition) is 5. The Kier molecular flexibility index (Phi) is 4.75. The van der Waals surface area contributed by atoms with Crippen LogP contribution in [0.15, 0.2) is 26.6 Å². The number of aryl methyl sites for hydroxylation is 1. The minimum absolute atomic E-state index is 0.119. The molecule has 25 heavy (non-hydrogen) atoms. The van der Waals surface area contributed by atoms with Gasteiger partial charge in [0.05, 0.1) is 27.3 Å². The summed E-state index contributed by atoms with van der Waals surface area (Å²) < 4.78 is 20.1. The number of aromatic amines is 1. The van der Waals surface area contributed by atoms with Crippen LogP contribution in [0, 0.1) is 5.82 Å². The molecule has 2 aromatic rings. The van der Waals surface area contributed by atoms with Crippen molar-refractivity contribution in [3.63, 3.8) is 0 Å². The summed E-state index contributed by atoms with van der Waals surface area (Å²) in [6.07, 6.45) is 0.167. The van der Waals surface area contributed by atoms with Gasteiger partial charge in [0.1, 0.15) is 5.82 Å². The van der Waals surface area contributed by atoms with Crippen molar-refractivity contribution in [2.24, 2.45) is 0 Å². The van der Waals surface area contributed by atoms with Gasteiger partial charge in [0.2, 0.25) is 0 Å². The molecule has 0 saturated carbocycles. The van der Waals surface area contributed by atoms with E-state index in [0.717, 1.165) is 12.1 Å². The van der Waals surface area contributed by atoms with Gasteiger partial charge in [0, 0.05) is 11.4 Å². The highest BCUT2D eigenvalue weighted by Crippen LogP contribution is 2.27. The number of carbonyl (C=O) groups is 1. The highest BCUT2D eigenvalue weighted by molar-refractivity contribution is 7.99. The van der Waals surface area contributed by atoms with Gasteiger partial charge in [-0.15, -0.1) is 11.8 Å². The van der Waals surface area contributed by atoms with Crippen LogP contribution in [0.2, 0.25) is 5.02 Å². The maximum atomic E-state index is 14.4. The maximum Gasteiger partial charge on any atom is 0.339 e. The third-order valence-corrected chi connectivity index (χ3v) is 5.00. The number of hydrogen-bond donors (Lipinski definition) is 1. The summed E-state index contributed by atoms with van der Waals surface area (Å²) >= 11 is 7.22. The highest BCUT2D eigenvalue weighted by atomic mass is 35.5. The first-order valence-corrected chi connectivity index (χ1v) is 8.87. The zero-order valence-electron chi connectivity index (χ0n) is 13.4. The summed E-state index contributed by atoms with van der Waals surface area (Å²) in [5, 5.41) is -0.160. The number of fused-ring (bicyclic) bond motifs is 1. The van der Waals surface area contributed by atoms with Crippen molar-refractivity contribution in [1.29, 1.82) is 0 Å². The fourth-order valence-corrected chi connectivity index (χ4v) is 3.79. The number of halogens is 2. The second-order valence-corrected chi connectivity index (χ2v) is 7.23. The summed E-state index contributed by atoms with van der Waals surface area (Å²) in [7, 11) is 0. The predicted molar refractivity (Wildman–Crippen MR) is 92.6 cm³/mol. The van der Waals surface area contributed by atoms with Gasteiger partial charge < -0.3 is 9.72 Å². The topological polar surface area (TPSA) is 81.2 Å². The van der Waals surface area contributed by atoms with Crippen molar-refractivity contribution in [3.05, 3.63) is 55.1 Å². The van der Waals surface area contributed by atoms with Gasteiger partial charge in [0.15, 0.2) is 0 Å². The maximum absolute atomic E-state index is 14.4. The number of ether oxygens (including phenoxy) is 1. The van der Waals surface area contributed by atoms with E-state index in [1.54, 1.807) is 13.8 Å². The van der Waals surface area contributed by atoms with Crippen LogP contribution in [0.3, 0.4) is 0 Å². The fourth-order valence-electron chi connectivity index (χ4n) is 2.51. The number of aromatic nitrogens is 2. The molecule has 0 spiro atoms. The Morgan fingerprint density at radius 2 is 2.12 bits per heavy atom. The lowest BCUT2D eigenvalue weighted by Crippen LogP contribution is -2.36. The Bertz CT molecular complexity index is 983. The van der Waals surface area contributed by atoms with E-state index in [1.807, 2.05) is 0 Å². The van der Waals surface area contributed by atoms with E-state index >= 15 is 0 Å². The summed E-state index contributed by atoms with van der Waals surface area (Å²) in [4.78, 5) is 39.9. The lowest BCUT2D eigenvalue weighted by Gasteiger charge is -2.12. The minimum Gasteiger partial charge on any atom is -0.459 e. The van der Waals surface area contributed by atoms with Crippen molar-refractivity contribution in [2.45, 2.75) is 31.3 Å². The summed E-state index contributed by atoms with van der Waals surface area (Å²) in [5.41, 5.74) is -1.31. The van der Waals surface area contributed by atoms with E-state index in [-0.39, 0.29) is 16.3 Å². The van der Waals surface area contributed by atoms with Gasteiger partial charge in [-0.05, 0) is 32.4 Å². The van der Waals surface area contributed by atoms with E-state index in [4.69, 9.17) is 16.3 Å². The summed E-state index contributed by atoms with van der Waals surface area (Å²) in [5.74, 6) is -0.984. The minimum atomic E-state index is -0.887. The molecule has 0 atom stereocenters. The fraction of sp³-hybridized carbons (Fsp3) is 0.312. The zero-order chi connectivity index (χ0) is 18.3. The molecule has 0 aliphatic carbocycles. The third kappa shape index (κ3) is 3.23. The molecular weight excluding hydrogens is 371 g/mol. The molecule has 0 radical (unpaired) electrons. The largest absolute Gasteiger partial charge is 0.459 e. The molecule has 1 aromatic carbocycles. The van der Waals surface area contributed by atoms with E-state index in [1.165, 1.54) is 11.8 Å². The molecule has 1 aromatic heterocycles. The number of benzene rings is 1. The third-order valence-electron chi connectivity index (χ3n) is 3.57. The highest BCUT2D eigenvalue weighted by Gasteiger charge is 2.24. The number of esters is 1. The Morgan fingerprint density at radius 3 is 2.80 bits per heavy atom. The van der Waals surface area contributed by atoms with E-state index < -0.39 is 29.1 Å². The molecule has 0 bridgehead atoms. The Hall–Kier alpha value is -2.06. The Morgan fingerprint density at radius 1 is 1.40 bits per heavy atom. The number of nitrogens with zero attached hydrogens (tertiary/aromatic N) is 1. The molecule has 0 amide bonds. The second kappa shape index (κ2) is 6.68. The van der Waals surface area contributed by atoms with E-state index in [0.29, 0.717) is 27.3 Å². The molecule has 6 nitrogen and oxygen atoms in total. The van der Waals surface area contributed by atoms with Gasteiger partial charge in [-0.25, -0.2) is 18.5 Å². The first-order chi connectivity index (χ1) is 11.8. The van der Waals surface area contributed by atoms with Crippen molar-refractivity contribution in [2.75, 3.05) is 5.75 Å². The van der Waals surface area contributed by atoms with Crippen LogP contribution in [0.25, 0.3) is 5.69 Å². The number of H-pyrrole nitrogens is 1.